The lowest BCUT2D eigenvalue weighted by atomic mass is 9.94. The molecule has 1 aromatic carbocycles. The van der Waals surface area contributed by atoms with E-state index >= 15 is 0 Å². The number of furan rings is 1. The molecule has 90 valence electrons. The van der Waals surface area contributed by atoms with Gasteiger partial charge in [0.2, 0.25) is 0 Å². The lowest BCUT2D eigenvalue weighted by molar-refractivity contribution is 0.530. The Morgan fingerprint density at radius 3 is 2.12 bits per heavy atom. The molecule has 2 heteroatoms. The van der Waals surface area contributed by atoms with Gasteiger partial charge in [-0.25, -0.2) is 0 Å². The third-order valence-corrected chi connectivity index (χ3v) is 3.62. The van der Waals surface area contributed by atoms with Crippen LogP contribution in [0.1, 0.15) is 39.0 Å². The standard InChI is InChI=1S/C15H17ClO/c1-9-7-10(2)14(11(3)8-9)15(16)13-5-6-17-12(13)4/h5-8,15H,1-4H3. The van der Waals surface area contributed by atoms with E-state index in [2.05, 4.69) is 32.9 Å². The lowest BCUT2D eigenvalue weighted by Crippen LogP contribution is -2.00. The van der Waals surface area contributed by atoms with Crippen molar-refractivity contribution < 1.29 is 4.42 Å². The molecule has 0 aliphatic rings. The van der Waals surface area contributed by atoms with Crippen LogP contribution in [0.25, 0.3) is 0 Å². The van der Waals surface area contributed by atoms with E-state index < -0.39 is 0 Å². The Balaban J connectivity index is 2.51. The summed E-state index contributed by atoms with van der Waals surface area (Å²) >= 11 is 6.58. The summed E-state index contributed by atoms with van der Waals surface area (Å²) in [5.74, 6) is 0.893. The predicted octanol–water partition coefficient (Wildman–Crippen LogP) is 4.84. The molecule has 17 heavy (non-hydrogen) atoms. The molecule has 0 saturated carbocycles. The summed E-state index contributed by atoms with van der Waals surface area (Å²) in [7, 11) is 0. The SMILES string of the molecule is Cc1cc(C)c(C(Cl)c2ccoc2C)c(C)c1. The number of aryl methyl sites for hydroxylation is 4. The van der Waals surface area contributed by atoms with Gasteiger partial charge in [0.25, 0.3) is 0 Å². The molecule has 1 unspecified atom stereocenters. The van der Waals surface area contributed by atoms with Crippen LogP contribution in [0.4, 0.5) is 0 Å². The summed E-state index contributed by atoms with van der Waals surface area (Å²) in [6.07, 6.45) is 1.69. The lowest BCUT2D eigenvalue weighted by Gasteiger charge is -2.16. The first-order valence-corrected chi connectivity index (χ1v) is 6.20. The van der Waals surface area contributed by atoms with Crippen LogP contribution >= 0.6 is 11.6 Å². The average Bonchev–Trinajstić information content (AvgIpc) is 2.62. The highest BCUT2D eigenvalue weighted by Gasteiger charge is 2.19. The predicted molar refractivity (Wildman–Crippen MR) is 71.8 cm³/mol. The topological polar surface area (TPSA) is 13.1 Å². The zero-order chi connectivity index (χ0) is 12.6. The summed E-state index contributed by atoms with van der Waals surface area (Å²) in [6, 6.07) is 6.30. The molecule has 0 bridgehead atoms. The second kappa shape index (κ2) is 4.58. The first kappa shape index (κ1) is 12.3. The van der Waals surface area contributed by atoms with E-state index in [9.17, 15) is 0 Å². The third-order valence-electron chi connectivity index (χ3n) is 3.16. The Labute approximate surface area is 107 Å². The van der Waals surface area contributed by atoms with Gasteiger partial charge < -0.3 is 4.42 Å². The number of benzene rings is 1. The fourth-order valence-corrected chi connectivity index (χ4v) is 2.97. The third kappa shape index (κ3) is 2.25. The summed E-state index contributed by atoms with van der Waals surface area (Å²) in [5, 5.41) is -0.130. The molecular weight excluding hydrogens is 232 g/mol. The van der Waals surface area contributed by atoms with Crippen molar-refractivity contribution in [3.05, 3.63) is 58.0 Å². The van der Waals surface area contributed by atoms with E-state index in [0.29, 0.717) is 0 Å². The van der Waals surface area contributed by atoms with Gasteiger partial charge in [0.1, 0.15) is 5.76 Å². The maximum atomic E-state index is 6.58. The largest absolute Gasteiger partial charge is 0.469 e. The fourth-order valence-electron chi connectivity index (χ4n) is 2.40. The first-order chi connectivity index (χ1) is 8.00. The van der Waals surface area contributed by atoms with Crippen molar-refractivity contribution in [3.8, 4) is 0 Å². The van der Waals surface area contributed by atoms with E-state index in [1.54, 1.807) is 6.26 Å². The van der Waals surface area contributed by atoms with Crippen LogP contribution in [0.15, 0.2) is 28.9 Å². The summed E-state index contributed by atoms with van der Waals surface area (Å²) in [6.45, 7) is 8.28. The van der Waals surface area contributed by atoms with Crippen molar-refractivity contribution in [2.45, 2.75) is 33.1 Å². The minimum atomic E-state index is -0.130. The highest BCUT2D eigenvalue weighted by Crippen LogP contribution is 2.35. The van der Waals surface area contributed by atoms with Crippen molar-refractivity contribution in [1.82, 2.24) is 0 Å². The molecule has 0 fully saturated rings. The molecule has 0 aliphatic carbocycles. The van der Waals surface area contributed by atoms with E-state index in [-0.39, 0.29) is 5.38 Å². The molecule has 0 N–H and O–H groups in total. The van der Waals surface area contributed by atoms with Crippen LogP contribution < -0.4 is 0 Å². The van der Waals surface area contributed by atoms with Crippen molar-refractivity contribution in [2.75, 3.05) is 0 Å². The van der Waals surface area contributed by atoms with Crippen LogP contribution in [-0.2, 0) is 0 Å². The summed E-state index contributed by atoms with van der Waals surface area (Å²) in [5.41, 5.74) is 6.01. The molecule has 1 atom stereocenters. The van der Waals surface area contributed by atoms with Crippen LogP contribution in [-0.4, -0.2) is 0 Å². The molecule has 0 spiro atoms. The van der Waals surface area contributed by atoms with E-state index in [1.165, 1.54) is 22.3 Å². The maximum Gasteiger partial charge on any atom is 0.105 e. The molecule has 2 rings (SSSR count). The van der Waals surface area contributed by atoms with Gasteiger partial charge in [0.05, 0.1) is 11.6 Å². The maximum absolute atomic E-state index is 6.58. The van der Waals surface area contributed by atoms with Crippen molar-refractivity contribution in [2.24, 2.45) is 0 Å². The van der Waals surface area contributed by atoms with Crippen molar-refractivity contribution >= 4 is 11.6 Å². The first-order valence-electron chi connectivity index (χ1n) is 5.76. The molecular formula is C15H17ClO. The van der Waals surface area contributed by atoms with Crippen molar-refractivity contribution in [1.29, 1.82) is 0 Å². The average molecular weight is 249 g/mol. The fraction of sp³-hybridized carbons (Fsp3) is 0.333. The normalized spacial score (nSPS) is 12.8. The Hall–Kier alpha value is -1.21. The second-order valence-corrected chi connectivity index (χ2v) is 5.04. The van der Waals surface area contributed by atoms with Gasteiger partial charge in [0.15, 0.2) is 0 Å². The molecule has 0 saturated heterocycles. The minimum Gasteiger partial charge on any atom is -0.469 e. The van der Waals surface area contributed by atoms with Gasteiger partial charge in [-0.2, -0.15) is 0 Å². The van der Waals surface area contributed by atoms with Gasteiger partial charge in [0, 0.05) is 5.56 Å². The quantitative estimate of drug-likeness (QED) is 0.693. The van der Waals surface area contributed by atoms with Crippen LogP contribution in [0.5, 0.6) is 0 Å². The highest BCUT2D eigenvalue weighted by atomic mass is 35.5. The number of alkyl halides is 1. The number of rotatable bonds is 2. The van der Waals surface area contributed by atoms with Gasteiger partial charge in [-0.1, -0.05) is 17.7 Å². The Morgan fingerprint density at radius 2 is 1.65 bits per heavy atom. The van der Waals surface area contributed by atoms with E-state index in [0.717, 1.165) is 11.3 Å². The summed E-state index contributed by atoms with van der Waals surface area (Å²) in [4.78, 5) is 0. The van der Waals surface area contributed by atoms with Crippen molar-refractivity contribution in [3.63, 3.8) is 0 Å². The molecule has 1 aromatic heterocycles. The molecule has 0 amide bonds. The number of hydrogen-bond acceptors (Lipinski definition) is 1. The highest BCUT2D eigenvalue weighted by molar-refractivity contribution is 6.22. The number of hydrogen-bond donors (Lipinski definition) is 0. The van der Waals surface area contributed by atoms with Crippen LogP contribution in [0.3, 0.4) is 0 Å². The minimum absolute atomic E-state index is 0.130. The molecule has 0 aliphatic heterocycles. The van der Waals surface area contributed by atoms with Gasteiger partial charge in [-0.3, -0.25) is 0 Å². The summed E-state index contributed by atoms with van der Waals surface area (Å²) < 4.78 is 5.33. The Morgan fingerprint density at radius 1 is 1.06 bits per heavy atom. The molecule has 1 heterocycles. The van der Waals surface area contributed by atoms with Crippen LogP contribution in [0.2, 0.25) is 0 Å². The van der Waals surface area contributed by atoms with Gasteiger partial charge in [-0.15, -0.1) is 11.6 Å². The molecule has 1 nitrogen and oxygen atoms in total. The number of halogens is 1. The smallest absolute Gasteiger partial charge is 0.105 e. The second-order valence-electron chi connectivity index (χ2n) is 4.61. The van der Waals surface area contributed by atoms with E-state index in [4.69, 9.17) is 16.0 Å². The Bertz CT molecular complexity index is 517. The molecule has 0 radical (unpaired) electrons. The monoisotopic (exact) mass is 248 g/mol. The zero-order valence-corrected chi connectivity index (χ0v) is 11.4. The Kier molecular flexibility index (Phi) is 3.30. The zero-order valence-electron chi connectivity index (χ0n) is 10.7. The van der Waals surface area contributed by atoms with Crippen LogP contribution in [0, 0.1) is 27.7 Å². The van der Waals surface area contributed by atoms with Gasteiger partial charge >= 0.3 is 0 Å². The van der Waals surface area contributed by atoms with Gasteiger partial charge in [-0.05, 0) is 50.5 Å². The molecule has 2 aromatic rings. The van der Waals surface area contributed by atoms with E-state index in [1.807, 2.05) is 13.0 Å².